The van der Waals surface area contributed by atoms with Gasteiger partial charge in [0.2, 0.25) is 5.91 Å². The molecule has 118 valence electrons. The fourth-order valence-electron chi connectivity index (χ4n) is 2.28. The molecule has 2 aromatic rings. The summed E-state index contributed by atoms with van der Waals surface area (Å²) in [4.78, 5) is 14.0. The number of amides is 1. The van der Waals surface area contributed by atoms with Crippen molar-refractivity contribution in [2.24, 2.45) is 0 Å². The van der Waals surface area contributed by atoms with Crippen LogP contribution < -0.4 is 10.2 Å². The highest BCUT2D eigenvalue weighted by Gasteiger charge is 2.37. The van der Waals surface area contributed by atoms with Gasteiger partial charge in [-0.1, -0.05) is 42.2 Å². The summed E-state index contributed by atoms with van der Waals surface area (Å²) >= 11 is 6.58. The molecule has 1 saturated heterocycles. The number of nitrogens with zero attached hydrogens (tertiary/aromatic N) is 1. The second kappa shape index (κ2) is 6.47. The molecule has 1 fully saturated rings. The zero-order valence-corrected chi connectivity index (χ0v) is 13.6. The lowest BCUT2D eigenvalue weighted by molar-refractivity contribution is -0.116. The molecule has 7 heteroatoms. The Morgan fingerprint density at radius 1 is 1.17 bits per heavy atom. The molecule has 3 rings (SSSR count). The molecule has 1 amide bonds. The number of thiocarbonyl (C=S) groups is 1. The molecule has 1 aliphatic heterocycles. The average Bonchev–Trinajstić information content (AvgIpc) is 2.81. The number of hydrogen-bond donors (Lipinski definition) is 3. The van der Waals surface area contributed by atoms with E-state index in [1.807, 2.05) is 0 Å². The second-order valence-electron chi connectivity index (χ2n) is 4.96. The van der Waals surface area contributed by atoms with E-state index < -0.39 is 0 Å². The number of phenols is 2. The molecule has 1 unspecified atom stereocenters. The van der Waals surface area contributed by atoms with Gasteiger partial charge in [0.05, 0.1) is 11.4 Å². The molecule has 0 bridgehead atoms. The number of phenolic OH excluding ortho intramolecular Hbond substituents is 2. The lowest BCUT2D eigenvalue weighted by atomic mass is 10.2. The number of anilines is 2. The maximum Gasteiger partial charge on any atom is 0.247 e. The van der Waals surface area contributed by atoms with Gasteiger partial charge in [0.1, 0.15) is 21.1 Å². The minimum absolute atomic E-state index is 0.0823. The minimum atomic E-state index is -0.385. The first-order valence-corrected chi connectivity index (χ1v) is 8.20. The Bertz CT molecular complexity index is 766. The molecule has 0 aromatic heterocycles. The number of nitrogens with one attached hydrogen (secondary N) is 1. The summed E-state index contributed by atoms with van der Waals surface area (Å²) in [6, 6.07) is 13.3. The molecule has 5 nitrogen and oxygen atoms in total. The smallest absolute Gasteiger partial charge is 0.247 e. The molecule has 1 atom stereocenters. The molecule has 0 spiro atoms. The van der Waals surface area contributed by atoms with Crippen molar-refractivity contribution < 1.29 is 15.0 Å². The number of rotatable bonds is 4. The van der Waals surface area contributed by atoms with Gasteiger partial charge in [0.15, 0.2) is 0 Å². The third-order valence-electron chi connectivity index (χ3n) is 3.39. The van der Waals surface area contributed by atoms with Crippen molar-refractivity contribution in [3.63, 3.8) is 0 Å². The van der Waals surface area contributed by atoms with Crippen LogP contribution in [0.5, 0.6) is 11.5 Å². The van der Waals surface area contributed by atoms with Crippen LogP contribution in [0.25, 0.3) is 0 Å². The number of para-hydroxylation sites is 2. The van der Waals surface area contributed by atoms with Gasteiger partial charge in [-0.2, -0.15) is 0 Å². The Balaban J connectivity index is 1.73. The average molecular weight is 346 g/mol. The lowest BCUT2D eigenvalue weighted by Gasteiger charge is -2.16. The highest BCUT2D eigenvalue weighted by molar-refractivity contribution is 8.25. The van der Waals surface area contributed by atoms with Gasteiger partial charge in [0, 0.05) is 12.6 Å². The zero-order chi connectivity index (χ0) is 16.4. The minimum Gasteiger partial charge on any atom is -0.508 e. The van der Waals surface area contributed by atoms with Gasteiger partial charge in [-0.15, -0.1) is 0 Å². The lowest BCUT2D eigenvalue weighted by Crippen LogP contribution is -2.33. The fraction of sp³-hybridized carbons (Fsp3) is 0.125. The van der Waals surface area contributed by atoms with E-state index in [4.69, 9.17) is 12.2 Å². The van der Waals surface area contributed by atoms with Crippen LogP contribution in [-0.4, -0.2) is 32.2 Å². The third-order valence-corrected chi connectivity index (χ3v) is 4.90. The van der Waals surface area contributed by atoms with E-state index in [9.17, 15) is 15.0 Å². The first kappa shape index (κ1) is 15.6. The van der Waals surface area contributed by atoms with Crippen molar-refractivity contribution >= 4 is 45.6 Å². The predicted molar refractivity (Wildman–Crippen MR) is 96.2 cm³/mol. The number of carbonyl (C=O) groups is 1. The number of benzene rings is 2. The maximum atomic E-state index is 12.6. The highest BCUT2D eigenvalue weighted by Crippen LogP contribution is 2.34. The van der Waals surface area contributed by atoms with Crippen molar-refractivity contribution in [2.75, 3.05) is 16.8 Å². The summed E-state index contributed by atoms with van der Waals surface area (Å²) in [7, 11) is 0. The summed E-state index contributed by atoms with van der Waals surface area (Å²) in [6.07, 6.45) is 0. The fourth-order valence-corrected chi connectivity index (χ4v) is 3.74. The monoisotopic (exact) mass is 346 g/mol. The van der Waals surface area contributed by atoms with E-state index in [1.54, 1.807) is 36.4 Å². The molecule has 2 aromatic carbocycles. The van der Waals surface area contributed by atoms with Crippen molar-refractivity contribution in [2.45, 2.75) is 5.25 Å². The Morgan fingerprint density at radius 3 is 2.70 bits per heavy atom. The van der Waals surface area contributed by atoms with E-state index in [-0.39, 0.29) is 22.7 Å². The molecule has 0 saturated carbocycles. The SMILES string of the molecule is O=C1C(CNc2ccccc2O)SC(=S)N1c1cccc(O)c1. The van der Waals surface area contributed by atoms with Gasteiger partial charge in [-0.05, 0) is 24.3 Å². The standard InChI is InChI=1S/C16H14N2O3S2/c19-11-5-3-4-10(8-11)18-15(21)14(23-16(18)22)9-17-12-6-1-2-7-13(12)20/h1-8,14,17,19-20H,9H2. The quantitative estimate of drug-likeness (QED) is 0.584. The van der Waals surface area contributed by atoms with Crippen LogP contribution in [0.3, 0.4) is 0 Å². The van der Waals surface area contributed by atoms with Crippen LogP contribution >= 0.6 is 24.0 Å². The van der Waals surface area contributed by atoms with Crippen molar-refractivity contribution in [1.82, 2.24) is 0 Å². The van der Waals surface area contributed by atoms with Crippen LogP contribution in [0.1, 0.15) is 0 Å². The largest absolute Gasteiger partial charge is 0.508 e. The van der Waals surface area contributed by atoms with E-state index in [2.05, 4.69) is 5.32 Å². The molecule has 3 N–H and O–H groups in total. The Labute approximate surface area is 142 Å². The number of aromatic hydroxyl groups is 2. The van der Waals surface area contributed by atoms with E-state index in [0.29, 0.717) is 22.2 Å². The molecule has 0 aliphatic carbocycles. The Morgan fingerprint density at radius 2 is 1.96 bits per heavy atom. The Hall–Kier alpha value is -2.25. The maximum absolute atomic E-state index is 12.6. The van der Waals surface area contributed by atoms with Crippen molar-refractivity contribution in [1.29, 1.82) is 0 Å². The van der Waals surface area contributed by atoms with Crippen LogP contribution in [0.2, 0.25) is 0 Å². The van der Waals surface area contributed by atoms with Crippen molar-refractivity contribution in [3.8, 4) is 11.5 Å². The summed E-state index contributed by atoms with van der Waals surface area (Å²) in [5.74, 6) is 0.0720. The summed E-state index contributed by atoms with van der Waals surface area (Å²) in [5, 5.41) is 22.0. The molecule has 1 aliphatic rings. The zero-order valence-electron chi connectivity index (χ0n) is 12.0. The number of thioether (sulfide) groups is 1. The molecular formula is C16H14N2O3S2. The van der Waals surface area contributed by atoms with Crippen molar-refractivity contribution in [3.05, 3.63) is 48.5 Å². The summed E-state index contributed by atoms with van der Waals surface area (Å²) in [5.41, 5.74) is 1.13. The second-order valence-corrected chi connectivity index (χ2v) is 6.80. The van der Waals surface area contributed by atoms with Crippen LogP contribution in [0, 0.1) is 0 Å². The third kappa shape index (κ3) is 3.25. The summed E-state index contributed by atoms with van der Waals surface area (Å²) < 4.78 is 0.449. The predicted octanol–water partition coefficient (Wildman–Crippen LogP) is 2.94. The molecule has 23 heavy (non-hydrogen) atoms. The van der Waals surface area contributed by atoms with Crippen LogP contribution in [-0.2, 0) is 4.79 Å². The van der Waals surface area contributed by atoms with E-state index in [0.717, 1.165) is 0 Å². The van der Waals surface area contributed by atoms with E-state index in [1.165, 1.54) is 28.8 Å². The normalized spacial score (nSPS) is 17.6. The topological polar surface area (TPSA) is 72.8 Å². The molecule has 1 heterocycles. The highest BCUT2D eigenvalue weighted by atomic mass is 32.2. The summed E-state index contributed by atoms with van der Waals surface area (Å²) in [6.45, 7) is 0.344. The van der Waals surface area contributed by atoms with Gasteiger partial charge < -0.3 is 15.5 Å². The number of hydrogen-bond acceptors (Lipinski definition) is 6. The van der Waals surface area contributed by atoms with Gasteiger partial charge in [-0.25, -0.2) is 0 Å². The van der Waals surface area contributed by atoms with Crippen LogP contribution in [0.15, 0.2) is 48.5 Å². The number of carbonyl (C=O) groups excluding carboxylic acids is 1. The van der Waals surface area contributed by atoms with E-state index >= 15 is 0 Å². The van der Waals surface area contributed by atoms with Gasteiger partial charge in [-0.3, -0.25) is 9.69 Å². The van der Waals surface area contributed by atoms with Crippen LogP contribution in [0.4, 0.5) is 11.4 Å². The van der Waals surface area contributed by atoms with Gasteiger partial charge >= 0.3 is 0 Å². The van der Waals surface area contributed by atoms with Gasteiger partial charge in [0.25, 0.3) is 0 Å². The molecule has 0 radical (unpaired) electrons. The first-order chi connectivity index (χ1) is 11.1. The molecular weight excluding hydrogens is 332 g/mol. The Kier molecular flexibility index (Phi) is 4.40. The first-order valence-electron chi connectivity index (χ1n) is 6.92.